The third kappa shape index (κ3) is 2.33. The minimum absolute atomic E-state index is 0.250. The predicted octanol–water partition coefficient (Wildman–Crippen LogP) is 1.77. The summed E-state index contributed by atoms with van der Waals surface area (Å²) in [6.07, 6.45) is 1.89. The molecule has 0 aliphatic carbocycles. The van der Waals surface area contributed by atoms with Crippen molar-refractivity contribution in [1.82, 2.24) is 14.8 Å². The molecule has 2 N–H and O–H groups in total. The summed E-state index contributed by atoms with van der Waals surface area (Å²) < 4.78 is 14.3. The zero-order chi connectivity index (χ0) is 11.5. The molecule has 16 heavy (non-hydrogen) atoms. The molecule has 0 unspecified atom stereocenters. The van der Waals surface area contributed by atoms with Gasteiger partial charge in [0.05, 0.1) is 6.54 Å². The van der Waals surface area contributed by atoms with Crippen molar-refractivity contribution in [3.05, 3.63) is 35.6 Å². The molecule has 0 aliphatic rings. The number of hydrogen-bond acceptors (Lipinski definition) is 4. The van der Waals surface area contributed by atoms with Crippen molar-refractivity contribution in [3.8, 4) is 0 Å². The van der Waals surface area contributed by atoms with Gasteiger partial charge in [0.1, 0.15) is 5.82 Å². The number of halogens is 1. The van der Waals surface area contributed by atoms with Crippen LogP contribution in [-0.2, 0) is 6.54 Å². The lowest BCUT2D eigenvalue weighted by Crippen LogP contribution is -2.06. The van der Waals surface area contributed by atoms with Crippen LogP contribution < -0.4 is 5.73 Å². The molecule has 0 radical (unpaired) electrons. The summed E-state index contributed by atoms with van der Waals surface area (Å²) >= 11 is 1.43. The van der Waals surface area contributed by atoms with E-state index in [0.29, 0.717) is 17.6 Å². The standard InChI is InChI=1S/C10H11FN4S/c1-16-10-13-9(12)15(14-10)6-7-2-4-8(11)5-3-7/h2-5H,6H2,1H3,(H2,12,13,14). The maximum Gasteiger partial charge on any atom is 0.219 e. The highest BCUT2D eigenvalue weighted by Gasteiger charge is 2.06. The number of anilines is 1. The molecule has 4 nitrogen and oxygen atoms in total. The lowest BCUT2D eigenvalue weighted by atomic mass is 10.2. The van der Waals surface area contributed by atoms with E-state index in [1.54, 1.807) is 16.8 Å². The molecule has 2 rings (SSSR count). The van der Waals surface area contributed by atoms with E-state index in [1.165, 1.54) is 23.9 Å². The van der Waals surface area contributed by atoms with Gasteiger partial charge in [-0.2, -0.15) is 4.98 Å². The molecule has 1 heterocycles. The van der Waals surface area contributed by atoms with Crippen LogP contribution in [0.5, 0.6) is 0 Å². The summed E-state index contributed by atoms with van der Waals surface area (Å²) in [5, 5.41) is 4.83. The van der Waals surface area contributed by atoms with E-state index in [1.807, 2.05) is 6.26 Å². The van der Waals surface area contributed by atoms with Crippen LogP contribution in [0, 0.1) is 5.82 Å². The molecule has 0 atom stereocenters. The van der Waals surface area contributed by atoms with Crippen molar-refractivity contribution in [1.29, 1.82) is 0 Å². The quantitative estimate of drug-likeness (QED) is 0.828. The van der Waals surface area contributed by atoms with Gasteiger partial charge in [0.2, 0.25) is 11.1 Å². The summed E-state index contributed by atoms with van der Waals surface area (Å²) in [6, 6.07) is 6.24. The minimum Gasteiger partial charge on any atom is -0.368 e. The van der Waals surface area contributed by atoms with Crippen LogP contribution in [0.25, 0.3) is 0 Å². The molecule has 1 aromatic heterocycles. The van der Waals surface area contributed by atoms with Gasteiger partial charge in [-0.3, -0.25) is 0 Å². The van der Waals surface area contributed by atoms with Crippen LogP contribution in [0.15, 0.2) is 29.4 Å². The Kier molecular flexibility index (Phi) is 3.09. The highest BCUT2D eigenvalue weighted by Crippen LogP contribution is 2.13. The third-order valence-electron chi connectivity index (χ3n) is 2.11. The zero-order valence-corrected chi connectivity index (χ0v) is 9.54. The normalized spacial score (nSPS) is 10.6. The number of thioether (sulfide) groups is 1. The molecule has 84 valence electrons. The number of nitrogens with two attached hydrogens (primary N) is 1. The summed E-state index contributed by atoms with van der Waals surface area (Å²) in [5.74, 6) is 0.119. The monoisotopic (exact) mass is 238 g/mol. The highest BCUT2D eigenvalue weighted by molar-refractivity contribution is 7.98. The summed E-state index contributed by atoms with van der Waals surface area (Å²) in [6.45, 7) is 0.500. The van der Waals surface area contributed by atoms with Gasteiger partial charge in [0, 0.05) is 0 Å². The second-order valence-electron chi connectivity index (χ2n) is 3.24. The third-order valence-corrected chi connectivity index (χ3v) is 2.65. The van der Waals surface area contributed by atoms with Crippen LogP contribution in [0.3, 0.4) is 0 Å². The van der Waals surface area contributed by atoms with E-state index in [-0.39, 0.29) is 5.82 Å². The molecule has 1 aromatic carbocycles. The predicted molar refractivity (Wildman–Crippen MR) is 61.7 cm³/mol. The smallest absolute Gasteiger partial charge is 0.219 e. The lowest BCUT2D eigenvalue weighted by Gasteiger charge is -2.02. The molecule has 0 spiro atoms. The fraction of sp³-hybridized carbons (Fsp3) is 0.200. The van der Waals surface area contributed by atoms with E-state index >= 15 is 0 Å². The first-order valence-electron chi connectivity index (χ1n) is 4.68. The van der Waals surface area contributed by atoms with Gasteiger partial charge in [0.15, 0.2) is 0 Å². The van der Waals surface area contributed by atoms with Crippen LogP contribution in [0.1, 0.15) is 5.56 Å². The van der Waals surface area contributed by atoms with Crippen molar-refractivity contribution in [3.63, 3.8) is 0 Å². The highest BCUT2D eigenvalue weighted by atomic mass is 32.2. The van der Waals surface area contributed by atoms with Gasteiger partial charge in [-0.05, 0) is 24.0 Å². The Bertz CT molecular complexity index is 480. The average Bonchev–Trinajstić information content (AvgIpc) is 2.63. The van der Waals surface area contributed by atoms with Gasteiger partial charge in [-0.15, -0.1) is 5.10 Å². The van der Waals surface area contributed by atoms with Crippen molar-refractivity contribution in [2.24, 2.45) is 0 Å². The number of aromatic nitrogens is 3. The van der Waals surface area contributed by atoms with Crippen LogP contribution in [0.4, 0.5) is 10.3 Å². The van der Waals surface area contributed by atoms with Crippen LogP contribution >= 0.6 is 11.8 Å². The van der Waals surface area contributed by atoms with Crippen molar-refractivity contribution in [2.75, 3.05) is 12.0 Å². The van der Waals surface area contributed by atoms with Crippen LogP contribution in [0.2, 0.25) is 0 Å². The Balaban J connectivity index is 2.19. The molecule has 0 fully saturated rings. The Morgan fingerprint density at radius 2 is 2.06 bits per heavy atom. The molecule has 0 amide bonds. The van der Waals surface area contributed by atoms with E-state index in [9.17, 15) is 4.39 Å². The van der Waals surface area contributed by atoms with E-state index in [4.69, 9.17) is 5.73 Å². The molecule has 2 aromatic rings. The summed E-state index contributed by atoms with van der Waals surface area (Å²) in [4.78, 5) is 4.06. The van der Waals surface area contributed by atoms with Gasteiger partial charge in [-0.1, -0.05) is 23.9 Å². The number of hydrogen-bond donors (Lipinski definition) is 1. The SMILES string of the molecule is CSc1nc(N)n(Cc2ccc(F)cc2)n1. The molecule has 6 heteroatoms. The van der Waals surface area contributed by atoms with Crippen molar-refractivity contribution >= 4 is 17.7 Å². The summed E-state index contributed by atoms with van der Waals surface area (Å²) in [5.41, 5.74) is 6.63. The van der Waals surface area contributed by atoms with Gasteiger partial charge >= 0.3 is 0 Å². The first-order chi connectivity index (χ1) is 7.69. The Morgan fingerprint density at radius 1 is 1.38 bits per heavy atom. The van der Waals surface area contributed by atoms with Gasteiger partial charge < -0.3 is 5.73 Å². The second kappa shape index (κ2) is 4.52. The van der Waals surface area contributed by atoms with E-state index in [0.717, 1.165) is 5.56 Å². The van der Waals surface area contributed by atoms with E-state index < -0.39 is 0 Å². The first kappa shape index (κ1) is 10.9. The number of nitrogens with zero attached hydrogens (tertiary/aromatic N) is 3. The van der Waals surface area contributed by atoms with E-state index in [2.05, 4.69) is 10.1 Å². The zero-order valence-electron chi connectivity index (χ0n) is 8.72. The molecule has 0 saturated carbocycles. The number of nitrogen functional groups attached to an aromatic ring is 1. The summed E-state index contributed by atoms with van der Waals surface area (Å²) in [7, 11) is 0. The fourth-order valence-electron chi connectivity index (χ4n) is 1.30. The van der Waals surface area contributed by atoms with Crippen molar-refractivity contribution < 1.29 is 4.39 Å². The Labute approximate surface area is 96.7 Å². The first-order valence-corrected chi connectivity index (χ1v) is 5.90. The molecular weight excluding hydrogens is 227 g/mol. The largest absolute Gasteiger partial charge is 0.368 e. The second-order valence-corrected chi connectivity index (χ2v) is 4.01. The number of rotatable bonds is 3. The van der Waals surface area contributed by atoms with Crippen LogP contribution in [-0.4, -0.2) is 21.0 Å². The Hall–Kier alpha value is -1.56. The van der Waals surface area contributed by atoms with Gasteiger partial charge in [0.25, 0.3) is 0 Å². The minimum atomic E-state index is -0.250. The average molecular weight is 238 g/mol. The lowest BCUT2D eigenvalue weighted by molar-refractivity contribution is 0.624. The molecule has 0 bridgehead atoms. The maximum atomic E-state index is 12.7. The Morgan fingerprint density at radius 3 is 2.62 bits per heavy atom. The fourth-order valence-corrected chi connectivity index (χ4v) is 1.66. The maximum absolute atomic E-state index is 12.7. The van der Waals surface area contributed by atoms with Gasteiger partial charge in [-0.25, -0.2) is 9.07 Å². The molecule has 0 aliphatic heterocycles. The number of benzene rings is 1. The molecule has 0 saturated heterocycles. The van der Waals surface area contributed by atoms with Crippen molar-refractivity contribution in [2.45, 2.75) is 11.7 Å². The molecular formula is C10H11FN4S. The topological polar surface area (TPSA) is 56.7 Å².